The number of ketones is 1. The molecule has 0 bridgehead atoms. The largest absolute Gasteiger partial charge is 0.454 e. The van der Waals surface area contributed by atoms with Gasteiger partial charge in [0.05, 0.1) is 12.1 Å². The van der Waals surface area contributed by atoms with Crippen molar-refractivity contribution in [3.05, 3.63) is 47.5 Å². The molecule has 2 aromatic carbocycles. The minimum absolute atomic E-state index is 0.0267. The second-order valence-electron chi connectivity index (χ2n) is 6.54. The lowest BCUT2D eigenvalue weighted by molar-refractivity contribution is -0.121. The fraction of sp³-hybridized carbons (Fsp3) is 0.316. The van der Waals surface area contributed by atoms with E-state index in [0.717, 1.165) is 0 Å². The minimum atomic E-state index is -0.613. The van der Waals surface area contributed by atoms with Gasteiger partial charge in [0.2, 0.25) is 13.6 Å². The molecule has 2 aliphatic heterocycles. The summed E-state index contributed by atoms with van der Waals surface area (Å²) in [5.41, 5.74) is 5.72. The van der Waals surface area contributed by atoms with Crippen LogP contribution in [-0.2, 0) is 4.79 Å². The maximum Gasteiger partial charge on any atom is 0.231 e. The molecule has 4 rings (SSSR count). The van der Waals surface area contributed by atoms with Crippen molar-refractivity contribution < 1.29 is 34.2 Å². The molecule has 2 aromatic rings. The first-order chi connectivity index (χ1) is 13.7. The smallest absolute Gasteiger partial charge is 0.231 e. The van der Waals surface area contributed by atoms with E-state index in [-0.39, 0.29) is 32.2 Å². The van der Waals surface area contributed by atoms with Gasteiger partial charge in [-0.15, -0.1) is 0 Å². The van der Waals surface area contributed by atoms with Crippen LogP contribution in [0.2, 0.25) is 0 Å². The number of rotatable bonds is 8. The van der Waals surface area contributed by atoms with Crippen molar-refractivity contribution in [1.82, 2.24) is 11.0 Å². The van der Waals surface area contributed by atoms with Crippen molar-refractivity contribution in [3.63, 3.8) is 0 Å². The Bertz CT molecular complexity index is 804. The molecule has 0 saturated carbocycles. The Hall–Kier alpha value is -2.85. The molecule has 2 heterocycles. The van der Waals surface area contributed by atoms with Crippen molar-refractivity contribution in [2.45, 2.75) is 24.9 Å². The fourth-order valence-corrected chi connectivity index (χ4v) is 3.27. The number of hydrogen-bond donors (Lipinski definition) is 4. The van der Waals surface area contributed by atoms with Crippen LogP contribution in [0, 0.1) is 0 Å². The van der Waals surface area contributed by atoms with E-state index in [1.165, 1.54) is 0 Å². The van der Waals surface area contributed by atoms with Gasteiger partial charge in [-0.05, 0) is 35.4 Å². The number of Topliss-reactive ketones (excluding diaryl/α,β-unsaturated/α-hetero) is 1. The number of nitrogens with one attached hydrogen (secondary N) is 2. The Labute approximate surface area is 160 Å². The number of hydrogen-bond acceptors (Lipinski definition) is 9. The molecule has 9 heteroatoms. The number of hydroxylamine groups is 2. The average Bonchev–Trinajstić information content (AvgIpc) is 3.37. The monoisotopic (exact) mass is 388 g/mol. The Balaban J connectivity index is 1.43. The van der Waals surface area contributed by atoms with E-state index in [1.54, 1.807) is 36.4 Å². The van der Waals surface area contributed by atoms with Crippen LogP contribution in [0.25, 0.3) is 0 Å². The van der Waals surface area contributed by atoms with Gasteiger partial charge >= 0.3 is 0 Å². The summed E-state index contributed by atoms with van der Waals surface area (Å²) in [7, 11) is 0. The summed E-state index contributed by atoms with van der Waals surface area (Å²) >= 11 is 0. The van der Waals surface area contributed by atoms with E-state index >= 15 is 0 Å². The third-order valence-corrected chi connectivity index (χ3v) is 4.77. The summed E-state index contributed by atoms with van der Waals surface area (Å²) in [6, 6.07) is 9.21. The summed E-state index contributed by atoms with van der Waals surface area (Å²) in [6.07, 6.45) is 0.0533. The summed E-state index contributed by atoms with van der Waals surface area (Å²) in [5.74, 6) is 2.23. The van der Waals surface area contributed by atoms with Gasteiger partial charge in [0.25, 0.3) is 0 Å². The van der Waals surface area contributed by atoms with E-state index in [9.17, 15) is 15.2 Å². The van der Waals surface area contributed by atoms with Crippen LogP contribution >= 0.6 is 0 Å². The summed E-state index contributed by atoms with van der Waals surface area (Å²) < 4.78 is 21.2. The molecular formula is C19H20N2O7. The molecule has 0 saturated heterocycles. The maximum atomic E-state index is 12.6. The van der Waals surface area contributed by atoms with E-state index in [2.05, 4.69) is 11.0 Å². The SMILES string of the molecule is O=C(CC(NO)c1ccc2c(c1)OCO2)CC(NO)c1ccc2c(c1)OCO2. The molecule has 2 unspecified atom stereocenters. The van der Waals surface area contributed by atoms with Gasteiger partial charge in [0, 0.05) is 12.8 Å². The van der Waals surface area contributed by atoms with Gasteiger partial charge in [-0.25, -0.2) is 0 Å². The zero-order chi connectivity index (χ0) is 19.5. The van der Waals surface area contributed by atoms with Crippen LogP contribution in [0.15, 0.2) is 36.4 Å². The van der Waals surface area contributed by atoms with Crippen LogP contribution < -0.4 is 29.9 Å². The fourth-order valence-electron chi connectivity index (χ4n) is 3.27. The molecule has 148 valence electrons. The predicted octanol–water partition coefficient (Wildman–Crippen LogP) is 2.23. The molecule has 28 heavy (non-hydrogen) atoms. The van der Waals surface area contributed by atoms with E-state index < -0.39 is 12.1 Å². The first kappa shape index (κ1) is 18.5. The second kappa shape index (κ2) is 8.03. The van der Waals surface area contributed by atoms with Crippen molar-refractivity contribution in [1.29, 1.82) is 0 Å². The molecule has 0 spiro atoms. The number of benzene rings is 2. The lowest BCUT2D eigenvalue weighted by Crippen LogP contribution is -2.25. The summed E-state index contributed by atoms with van der Waals surface area (Å²) in [5, 5.41) is 19.0. The van der Waals surface area contributed by atoms with Crippen molar-refractivity contribution >= 4 is 5.78 Å². The normalized spacial score (nSPS) is 16.1. The van der Waals surface area contributed by atoms with E-state index in [4.69, 9.17) is 18.9 Å². The number of carbonyl (C=O) groups is 1. The number of ether oxygens (including phenoxy) is 4. The quantitative estimate of drug-likeness (QED) is 0.505. The highest BCUT2D eigenvalue weighted by molar-refractivity contribution is 5.80. The van der Waals surface area contributed by atoms with Gasteiger partial charge in [-0.1, -0.05) is 12.1 Å². The third-order valence-electron chi connectivity index (χ3n) is 4.77. The van der Waals surface area contributed by atoms with Crippen LogP contribution in [0.3, 0.4) is 0 Å². The van der Waals surface area contributed by atoms with E-state index in [0.29, 0.717) is 34.1 Å². The molecule has 9 nitrogen and oxygen atoms in total. The van der Waals surface area contributed by atoms with Gasteiger partial charge in [0.1, 0.15) is 5.78 Å². The number of fused-ring (bicyclic) bond motifs is 2. The Morgan fingerprint density at radius 3 is 1.64 bits per heavy atom. The number of carbonyl (C=O) groups excluding carboxylic acids is 1. The molecule has 2 aliphatic rings. The zero-order valence-electron chi connectivity index (χ0n) is 14.9. The van der Waals surface area contributed by atoms with Gasteiger partial charge in [-0.3, -0.25) is 4.79 Å². The Kier molecular flexibility index (Phi) is 5.31. The summed E-state index contributed by atoms with van der Waals surface area (Å²) in [6.45, 7) is 0.294. The summed E-state index contributed by atoms with van der Waals surface area (Å²) in [4.78, 5) is 12.6. The molecular weight excluding hydrogens is 368 g/mol. The highest BCUT2D eigenvalue weighted by Crippen LogP contribution is 2.36. The van der Waals surface area contributed by atoms with Gasteiger partial charge < -0.3 is 29.4 Å². The maximum absolute atomic E-state index is 12.6. The van der Waals surface area contributed by atoms with Crippen LogP contribution in [-0.4, -0.2) is 29.8 Å². The second-order valence-corrected chi connectivity index (χ2v) is 6.54. The molecule has 0 amide bonds. The Morgan fingerprint density at radius 1 is 0.786 bits per heavy atom. The van der Waals surface area contributed by atoms with Crippen LogP contribution in [0.4, 0.5) is 0 Å². The van der Waals surface area contributed by atoms with Crippen LogP contribution in [0.5, 0.6) is 23.0 Å². The van der Waals surface area contributed by atoms with Crippen molar-refractivity contribution in [2.75, 3.05) is 13.6 Å². The lowest BCUT2D eigenvalue weighted by atomic mass is 9.95. The molecule has 0 fully saturated rings. The first-order valence-electron chi connectivity index (χ1n) is 8.78. The lowest BCUT2D eigenvalue weighted by Gasteiger charge is -2.18. The predicted molar refractivity (Wildman–Crippen MR) is 94.7 cm³/mol. The third kappa shape index (κ3) is 3.73. The molecule has 0 aliphatic carbocycles. The molecule has 2 atom stereocenters. The average molecular weight is 388 g/mol. The Morgan fingerprint density at radius 2 is 1.21 bits per heavy atom. The topological polar surface area (TPSA) is 119 Å². The highest BCUT2D eigenvalue weighted by Gasteiger charge is 2.23. The van der Waals surface area contributed by atoms with Crippen LogP contribution in [0.1, 0.15) is 36.1 Å². The molecule has 0 radical (unpaired) electrons. The highest BCUT2D eigenvalue weighted by atomic mass is 16.7. The molecule has 4 N–H and O–H groups in total. The van der Waals surface area contributed by atoms with Gasteiger partial charge in [-0.2, -0.15) is 11.0 Å². The molecule has 0 aromatic heterocycles. The minimum Gasteiger partial charge on any atom is -0.454 e. The van der Waals surface area contributed by atoms with Crippen molar-refractivity contribution in [2.24, 2.45) is 0 Å². The van der Waals surface area contributed by atoms with Gasteiger partial charge in [0.15, 0.2) is 23.0 Å². The van der Waals surface area contributed by atoms with E-state index in [1.807, 2.05) is 0 Å². The van der Waals surface area contributed by atoms with Crippen molar-refractivity contribution in [3.8, 4) is 23.0 Å². The standard InChI is InChI=1S/C19H20N2O7/c22-13(7-14(20-23)11-1-3-16-18(5-11)27-9-25-16)8-15(21-24)12-2-4-17-19(6-12)28-10-26-17/h1-6,14-15,20-21,23-24H,7-10H2. The first-order valence-corrected chi connectivity index (χ1v) is 8.78. The zero-order valence-corrected chi connectivity index (χ0v) is 14.9.